The van der Waals surface area contributed by atoms with Crippen LogP contribution in [0.3, 0.4) is 0 Å². The van der Waals surface area contributed by atoms with Gasteiger partial charge in [-0.1, -0.05) is 42.5 Å². The summed E-state index contributed by atoms with van der Waals surface area (Å²) in [6, 6.07) is 16.9. The molecule has 1 aliphatic heterocycles. The number of ketones is 1. The van der Waals surface area contributed by atoms with Gasteiger partial charge in [0.05, 0.1) is 17.6 Å². The van der Waals surface area contributed by atoms with Gasteiger partial charge < -0.3 is 26.4 Å². The van der Waals surface area contributed by atoms with Gasteiger partial charge in [0.15, 0.2) is 11.7 Å². The smallest absolute Gasteiger partial charge is 0.299 e. The van der Waals surface area contributed by atoms with Crippen LogP contribution in [0, 0.1) is 5.41 Å². The van der Waals surface area contributed by atoms with E-state index in [0.29, 0.717) is 25.1 Å². The molecule has 1 aliphatic rings. The number of nitrogens with two attached hydrogens (primary N) is 2. The van der Waals surface area contributed by atoms with Gasteiger partial charge >= 0.3 is 0 Å². The lowest BCUT2D eigenvalue weighted by Gasteiger charge is -2.33. The van der Waals surface area contributed by atoms with Crippen molar-refractivity contribution in [1.82, 2.24) is 14.9 Å². The first kappa shape index (κ1) is 32.6. The Bertz CT molecular complexity index is 1570. The van der Waals surface area contributed by atoms with Crippen LogP contribution in [0.1, 0.15) is 16.8 Å². The minimum Gasteiger partial charge on any atom is -0.398 e. The van der Waals surface area contributed by atoms with Crippen molar-refractivity contribution in [1.29, 1.82) is 5.41 Å². The maximum Gasteiger partial charge on any atom is 0.299 e. The summed E-state index contributed by atoms with van der Waals surface area (Å²) in [5, 5.41) is 11.9. The number of nitrogens with zero attached hydrogens (tertiary/aromatic N) is 1. The molecule has 0 saturated carbocycles. The van der Waals surface area contributed by atoms with Gasteiger partial charge in [-0.3, -0.25) is 24.1 Å². The molecule has 0 radical (unpaired) electrons. The summed E-state index contributed by atoms with van der Waals surface area (Å²) in [5.74, 6) is -1.28. The average Bonchev–Trinajstić information content (AvgIpc) is 2.95. The van der Waals surface area contributed by atoms with E-state index >= 15 is 0 Å². The normalized spacial score (nSPS) is 15.9. The highest BCUT2D eigenvalue weighted by atomic mass is 32.2. The number of hydrogen-bond donors (Lipinski definition) is 7. The van der Waals surface area contributed by atoms with Crippen molar-refractivity contribution in [3.05, 3.63) is 72.3 Å². The highest BCUT2D eigenvalue weighted by molar-refractivity contribution is 7.89. The summed E-state index contributed by atoms with van der Waals surface area (Å²) in [4.78, 5) is 27.8. The third-order valence-corrected chi connectivity index (χ3v) is 7.75. The Balaban J connectivity index is 0.00000114. The number of fused-ring (bicyclic) bond motifs is 1. The van der Waals surface area contributed by atoms with Gasteiger partial charge in [0.1, 0.15) is 6.04 Å². The van der Waals surface area contributed by atoms with Crippen LogP contribution in [0.5, 0.6) is 0 Å². The molecule has 0 aliphatic carbocycles. The van der Waals surface area contributed by atoms with Crippen LogP contribution < -0.4 is 21.5 Å². The Hall–Kier alpha value is -3.93. The molecule has 16 heteroatoms. The summed E-state index contributed by atoms with van der Waals surface area (Å²) in [7, 11) is -4.18. The molecule has 0 aromatic heterocycles. The third-order valence-electron chi connectivity index (χ3n) is 6.28. The molecular weight excluding hydrogens is 588 g/mol. The summed E-state index contributed by atoms with van der Waals surface area (Å²) >= 11 is -2.61. The van der Waals surface area contributed by atoms with Gasteiger partial charge in [-0.05, 0) is 35.0 Å². The fourth-order valence-corrected chi connectivity index (χ4v) is 5.45. The van der Waals surface area contributed by atoms with Crippen molar-refractivity contribution >= 4 is 55.5 Å². The van der Waals surface area contributed by atoms with Crippen molar-refractivity contribution in [3.63, 3.8) is 0 Å². The zero-order chi connectivity index (χ0) is 30.9. The minimum atomic E-state index is -4.18. The number of anilines is 1. The van der Waals surface area contributed by atoms with Crippen LogP contribution in [-0.2, 0) is 30.9 Å². The second kappa shape index (κ2) is 14.8. The topological polar surface area (TPSA) is 238 Å². The number of carbonyl (C=O) groups is 2. The molecule has 1 saturated heterocycles. The summed E-state index contributed by atoms with van der Waals surface area (Å²) in [6.45, 7) is 1.12. The van der Waals surface area contributed by atoms with Crippen molar-refractivity contribution in [3.8, 4) is 0 Å². The van der Waals surface area contributed by atoms with E-state index in [-0.39, 0.29) is 28.7 Å². The number of sulfonamides is 1. The number of nitrogen functional groups attached to an aromatic ring is 1. The Morgan fingerprint density at radius 2 is 1.74 bits per heavy atom. The summed E-state index contributed by atoms with van der Waals surface area (Å²) in [5.41, 5.74) is 11.9. The molecule has 1 fully saturated rings. The van der Waals surface area contributed by atoms with E-state index < -0.39 is 51.6 Å². The van der Waals surface area contributed by atoms with Crippen molar-refractivity contribution in [2.75, 3.05) is 32.0 Å². The van der Waals surface area contributed by atoms with Crippen LogP contribution in [0.2, 0.25) is 0 Å². The van der Waals surface area contributed by atoms with Gasteiger partial charge in [0, 0.05) is 37.3 Å². The van der Waals surface area contributed by atoms with Crippen molar-refractivity contribution < 1.29 is 36.1 Å². The summed E-state index contributed by atoms with van der Waals surface area (Å²) in [6.07, 6.45) is -0.910. The number of carbonyl (C=O) groups excluding carboxylic acids is 2. The predicted molar refractivity (Wildman–Crippen MR) is 157 cm³/mol. The van der Waals surface area contributed by atoms with E-state index in [9.17, 15) is 18.0 Å². The van der Waals surface area contributed by atoms with E-state index in [1.807, 2.05) is 12.1 Å². The molecule has 1 amide bonds. The number of rotatable bonds is 9. The van der Waals surface area contributed by atoms with E-state index in [1.54, 1.807) is 41.3 Å². The Labute approximate surface area is 245 Å². The van der Waals surface area contributed by atoms with E-state index in [0.717, 1.165) is 5.39 Å². The molecule has 1 heterocycles. The van der Waals surface area contributed by atoms with Crippen molar-refractivity contribution in [2.24, 2.45) is 5.73 Å². The number of para-hydroxylation sites is 1. The first-order valence-electron chi connectivity index (χ1n) is 12.5. The molecule has 3 aromatic rings. The van der Waals surface area contributed by atoms with Gasteiger partial charge in [-0.25, -0.2) is 8.42 Å². The van der Waals surface area contributed by atoms with Gasteiger partial charge in [-0.2, -0.15) is 8.93 Å². The number of Topliss-reactive ketones (excluding diaryl/α,β-unsaturated/α-hetero) is 1. The largest absolute Gasteiger partial charge is 0.398 e. The number of guanidine groups is 1. The van der Waals surface area contributed by atoms with Crippen LogP contribution in [0.4, 0.5) is 5.69 Å². The lowest BCUT2D eigenvalue weighted by atomic mass is 10.0. The molecule has 0 spiro atoms. The molecule has 3 aromatic carbocycles. The Morgan fingerprint density at radius 1 is 1.10 bits per heavy atom. The summed E-state index contributed by atoms with van der Waals surface area (Å²) < 4.78 is 57.5. The Morgan fingerprint density at radius 3 is 2.40 bits per heavy atom. The van der Waals surface area contributed by atoms with Gasteiger partial charge in [0.25, 0.3) is 11.4 Å². The highest BCUT2D eigenvalue weighted by Crippen LogP contribution is 2.20. The standard InChI is InChI=1S/C26H30N6O5S.H2O3S/c27-22-8-4-3-7-21(22)24(33)14-23(25(34)30-15-19-16-32(26(28)29)11-12-37-19)31-38(35,36)20-10-9-17-5-1-2-6-18(17)13-20;1-4(2)3/h1-10,13,19,23,31H,11-12,14-16,27H2,(H3,28,29)(H,30,34);(H2,1,2,3)/t19-,23?;/m1./s1. The lowest BCUT2D eigenvalue weighted by molar-refractivity contribution is -0.123. The molecular formula is C26H32N6O8S2. The zero-order valence-electron chi connectivity index (χ0n) is 22.3. The second-order valence-corrected chi connectivity index (χ2v) is 11.4. The zero-order valence-corrected chi connectivity index (χ0v) is 23.9. The molecule has 0 bridgehead atoms. The number of ether oxygens (including phenoxy) is 1. The molecule has 9 N–H and O–H groups in total. The average molecular weight is 621 g/mol. The first-order chi connectivity index (χ1) is 19.9. The van der Waals surface area contributed by atoms with Crippen LogP contribution in [0.25, 0.3) is 10.8 Å². The van der Waals surface area contributed by atoms with Crippen LogP contribution in [-0.4, -0.2) is 82.7 Å². The van der Waals surface area contributed by atoms with Gasteiger partial charge in [-0.15, -0.1) is 0 Å². The molecule has 14 nitrogen and oxygen atoms in total. The number of amides is 1. The van der Waals surface area contributed by atoms with Gasteiger partial charge in [0.2, 0.25) is 15.9 Å². The fourth-order valence-electron chi connectivity index (χ4n) is 4.22. The quantitative estimate of drug-likeness (QED) is 0.0578. The second-order valence-electron chi connectivity index (χ2n) is 9.20. The number of benzene rings is 3. The molecule has 4 rings (SSSR count). The maximum atomic E-state index is 13.3. The third kappa shape index (κ3) is 9.30. The van der Waals surface area contributed by atoms with Crippen LogP contribution in [0.15, 0.2) is 71.6 Å². The molecule has 226 valence electrons. The van der Waals surface area contributed by atoms with Crippen molar-refractivity contribution in [2.45, 2.75) is 23.5 Å². The molecule has 2 atom stereocenters. The van der Waals surface area contributed by atoms with E-state index in [2.05, 4.69) is 10.0 Å². The fraction of sp³-hybridized carbons (Fsp3) is 0.269. The lowest BCUT2D eigenvalue weighted by Crippen LogP contribution is -2.54. The number of morpholine rings is 1. The SMILES string of the molecule is N=C(N)N1CCO[C@H](CNC(=O)C(CC(=O)c2ccccc2N)NS(=O)(=O)c2ccc3ccccc3c2)C1.O=S(O)O. The highest BCUT2D eigenvalue weighted by Gasteiger charge is 2.30. The Kier molecular flexibility index (Phi) is 11.5. The monoisotopic (exact) mass is 620 g/mol. The van der Waals surface area contributed by atoms with Crippen LogP contribution >= 0.6 is 0 Å². The minimum absolute atomic E-state index is 0.0339. The molecule has 1 unspecified atom stereocenters. The maximum absolute atomic E-state index is 13.3. The van der Waals surface area contributed by atoms with E-state index in [4.69, 9.17) is 34.9 Å². The number of hydrogen-bond acceptors (Lipinski definition) is 8. The van der Waals surface area contributed by atoms with E-state index in [1.165, 1.54) is 18.2 Å². The molecule has 42 heavy (non-hydrogen) atoms. The predicted octanol–water partition coefficient (Wildman–Crippen LogP) is 0.733. The number of nitrogens with one attached hydrogen (secondary N) is 3. The first-order valence-corrected chi connectivity index (χ1v) is 15.1.